The van der Waals surface area contributed by atoms with Crippen LogP contribution in [0.15, 0.2) is 42.6 Å². The first-order valence-corrected chi connectivity index (χ1v) is 10.3. The fourth-order valence-electron chi connectivity index (χ4n) is 2.86. The van der Waals surface area contributed by atoms with Gasteiger partial charge in [0.25, 0.3) is 5.88 Å². The molecule has 1 heterocycles. The maximum Gasteiger partial charge on any atom is 0.319 e. The summed E-state index contributed by atoms with van der Waals surface area (Å²) in [6.45, 7) is 6.21. The highest BCUT2D eigenvalue weighted by molar-refractivity contribution is 5.89. The normalized spacial score (nSPS) is 11.5. The van der Waals surface area contributed by atoms with Crippen molar-refractivity contribution in [1.82, 2.24) is 10.3 Å². The number of anilines is 1. The predicted octanol–water partition coefficient (Wildman–Crippen LogP) is 4.33. The van der Waals surface area contributed by atoms with Gasteiger partial charge < -0.3 is 24.8 Å². The van der Waals surface area contributed by atoms with Gasteiger partial charge in [0.1, 0.15) is 6.61 Å². The average Bonchev–Trinajstić information content (AvgIpc) is 2.74. The molecule has 0 aliphatic rings. The van der Waals surface area contributed by atoms with E-state index in [0.717, 1.165) is 18.4 Å². The van der Waals surface area contributed by atoms with Crippen molar-refractivity contribution in [1.29, 1.82) is 0 Å². The van der Waals surface area contributed by atoms with Crippen LogP contribution in [0, 0.1) is 5.92 Å². The first kappa shape index (κ1) is 24.0. The highest BCUT2D eigenvalue weighted by atomic mass is 16.5. The molecule has 0 unspecified atom stereocenters. The van der Waals surface area contributed by atoms with Gasteiger partial charge in [0.05, 0.1) is 31.6 Å². The summed E-state index contributed by atoms with van der Waals surface area (Å²) < 4.78 is 16.1. The van der Waals surface area contributed by atoms with E-state index in [4.69, 9.17) is 14.2 Å². The summed E-state index contributed by atoms with van der Waals surface area (Å²) in [5.74, 6) is 1.00. The van der Waals surface area contributed by atoms with Crippen LogP contribution in [-0.4, -0.2) is 37.3 Å². The van der Waals surface area contributed by atoms with Crippen molar-refractivity contribution < 1.29 is 23.8 Å². The summed E-state index contributed by atoms with van der Waals surface area (Å²) in [5.41, 5.74) is 1.28. The Morgan fingerprint density at radius 3 is 2.55 bits per heavy atom. The van der Waals surface area contributed by atoms with E-state index in [1.54, 1.807) is 6.07 Å². The number of carbonyl (C=O) groups excluding carboxylic acids is 2. The molecule has 2 aromatic rings. The van der Waals surface area contributed by atoms with Crippen molar-refractivity contribution in [3.05, 3.63) is 48.2 Å². The molecule has 2 rings (SSSR count). The molecule has 0 saturated carbocycles. The summed E-state index contributed by atoms with van der Waals surface area (Å²) in [4.78, 5) is 28.0. The maximum absolute atomic E-state index is 12.6. The Labute approximate surface area is 183 Å². The van der Waals surface area contributed by atoms with E-state index in [-0.39, 0.29) is 6.61 Å². The Morgan fingerprint density at radius 2 is 1.90 bits per heavy atom. The van der Waals surface area contributed by atoms with Gasteiger partial charge in [0, 0.05) is 13.0 Å². The molecule has 0 fully saturated rings. The second-order valence-electron chi connectivity index (χ2n) is 7.48. The first-order valence-electron chi connectivity index (χ1n) is 10.3. The molecule has 1 atom stereocenters. The number of pyridine rings is 1. The molecule has 0 aliphatic heterocycles. The predicted molar refractivity (Wildman–Crippen MR) is 118 cm³/mol. The number of hydrogen-bond acceptors (Lipinski definition) is 6. The molecule has 168 valence electrons. The number of urea groups is 1. The van der Waals surface area contributed by atoms with Crippen LogP contribution in [0.4, 0.5) is 10.5 Å². The van der Waals surface area contributed by atoms with Gasteiger partial charge in [0.2, 0.25) is 0 Å². The summed E-state index contributed by atoms with van der Waals surface area (Å²) in [5, 5.41) is 5.56. The van der Waals surface area contributed by atoms with E-state index in [1.807, 2.05) is 30.3 Å². The topological polar surface area (TPSA) is 98.8 Å². The number of nitrogens with zero attached hydrogens (tertiary/aromatic N) is 1. The van der Waals surface area contributed by atoms with Gasteiger partial charge in [-0.05, 0) is 24.3 Å². The summed E-state index contributed by atoms with van der Waals surface area (Å²) >= 11 is 0. The van der Waals surface area contributed by atoms with Gasteiger partial charge in [-0.1, -0.05) is 44.2 Å². The smallest absolute Gasteiger partial charge is 0.319 e. The lowest BCUT2D eigenvalue weighted by molar-refractivity contribution is -0.141. The highest BCUT2D eigenvalue weighted by Gasteiger charge is 2.17. The molecule has 0 aliphatic carbocycles. The number of benzene rings is 1. The van der Waals surface area contributed by atoms with Crippen molar-refractivity contribution in [2.75, 3.05) is 25.6 Å². The molecule has 2 amide bonds. The zero-order chi connectivity index (χ0) is 22.6. The fraction of sp³-hybridized carbons (Fsp3) is 0.435. The van der Waals surface area contributed by atoms with Gasteiger partial charge in [0.15, 0.2) is 5.75 Å². The monoisotopic (exact) mass is 429 g/mol. The van der Waals surface area contributed by atoms with Crippen molar-refractivity contribution in [3.8, 4) is 11.6 Å². The highest BCUT2D eigenvalue weighted by Crippen LogP contribution is 2.28. The second-order valence-corrected chi connectivity index (χ2v) is 7.48. The number of nitrogens with one attached hydrogen (secondary N) is 2. The minimum atomic E-state index is -0.497. The molecule has 0 bridgehead atoms. The largest absolute Gasteiger partial charge is 0.488 e. The van der Waals surface area contributed by atoms with Crippen molar-refractivity contribution in [3.63, 3.8) is 0 Å². The molecule has 0 radical (unpaired) electrons. The van der Waals surface area contributed by atoms with Crippen LogP contribution in [0.1, 0.15) is 45.2 Å². The van der Waals surface area contributed by atoms with Crippen LogP contribution in [-0.2, 0) is 9.53 Å². The average molecular weight is 430 g/mol. The number of esters is 1. The molecule has 1 aromatic heterocycles. The Bertz CT molecular complexity index is 842. The number of rotatable bonds is 11. The van der Waals surface area contributed by atoms with Crippen LogP contribution in [0.5, 0.6) is 11.6 Å². The van der Waals surface area contributed by atoms with Crippen LogP contribution >= 0.6 is 0 Å². The Balaban J connectivity index is 2.03. The van der Waals surface area contributed by atoms with Crippen LogP contribution < -0.4 is 20.1 Å². The summed E-state index contributed by atoms with van der Waals surface area (Å²) in [6, 6.07) is 10.0. The van der Waals surface area contributed by atoms with Gasteiger partial charge in [-0.25, -0.2) is 9.78 Å². The number of ether oxygens (including phenoxy) is 3. The molecule has 8 heteroatoms. The SMILES string of the molecule is COc1ncc(NC(=O)N[C@@H](COC(C)=O)c2ccccc2)cc1OCCCC(C)C. The number of methoxy groups -OCH3 is 1. The molecule has 0 saturated heterocycles. The molecule has 0 spiro atoms. The zero-order valence-electron chi connectivity index (χ0n) is 18.5. The van der Waals surface area contributed by atoms with E-state index >= 15 is 0 Å². The fourth-order valence-corrected chi connectivity index (χ4v) is 2.86. The molecule has 8 nitrogen and oxygen atoms in total. The summed E-state index contributed by atoms with van der Waals surface area (Å²) in [6.07, 6.45) is 3.45. The van der Waals surface area contributed by atoms with Crippen molar-refractivity contribution in [2.45, 2.75) is 39.7 Å². The lowest BCUT2D eigenvalue weighted by atomic mass is 10.1. The van der Waals surface area contributed by atoms with Gasteiger partial charge in [-0.3, -0.25) is 4.79 Å². The van der Waals surface area contributed by atoms with Gasteiger partial charge in [-0.2, -0.15) is 0 Å². The second kappa shape index (κ2) is 12.4. The molecular weight excluding hydrogens is 398 g/mol. The number of carbonyl (C=O) groups is 2. The van der Waals surface area contributed by atoms with Crippen LogP contribution in [0.2, 0.25) is 0 Å². The quantitative estimate of drug-likeness (QED) is 0.407. The molecule has 2 N–H and O–H groups in total. The third-order valence-electron chi connectivity index (χ3n) is 4.41. The summed E-state index contributed by atoms with van der Waals surface area (Å²) in [7, 11) is 1.52. The lowest BCUT2D eigenvalue weighted by Gasteiger charge is -2.19. The first-order chi connectivity index (χ1) is 14.9. The van der Waals surface area contributed by atoms with Gasteiger partial charge >= 0.3 is 12.0 Å². The van der Waals surface area contributed by atoms with E-state index in [0.29, 0.717) is 29.8 Å². The van der Waals surface area contributed by atoms with E-state index < -0.39 is 18.0 Å². The maximum atomic E-state index is 12.6. The lowest BCUT2D eigenvalue weighted by Crippen LogP contribution is -2.35. The third kappa shape index (κ3) is 8.54. The van der Waals surface area contributed by atoms with Crippen LogP contribution in [0.3, 0.4) is 0 Å². The Morgan fingerprint density at radius 1 is 1.16 bits per heavy atom. The molecular formula is C23H31N3O5. The van der Waals surface area contributed by atoms with E-state index in [9.17, 15) is 9.59 Å². The minimum absolute atomic E-state index is 0.0256. The number of hydrogen-bond donors (Lipinski definition) is 2. The van der Waals surface area contributed by atoms with Crippen LogP contribution in [0.25, 0.3) is 0 Å². The van der Waals surface area contributed by atoms with E-state index in [2.05, 4.69) is 29.5 Å². The van der Waals surface area contributed by atoms with Crippen molar-refractivity contribution in [2.24, 2.45) is 5.92 Å². The Hall–Kier alpha value is -3.29. The standard InChI is InChI=1S/C23H31N3O5/c1-16(2)9-8-12-30-21-13-19(14-24-22(21)29-4)25-23(28)26-20(15-31-17(3)27)18-10-6-5-7-11-18/h5-7,10-11,13-14,16,20H,8-9,12,15H2,1-4H3,(H2,25,26,28)/t20-/m0/s1. The van der Waals surface area contributed by atoms with Gasteiger partial charge in [-0.15, -0.1) is 0 Å². The molecule has 31 heavy (non-hydrogen) atoms. The minimum Gasteiger partial charge on any atom is -0.488 e. The van der Waals surface area contributed by atoms with Crippen molar-refractivity contribution >= 4 is 17.7 Å². The third-order valence-corrected chi connectivity index (χ3v) is 4.41. The van der Waals surface area contributed by atoms with E-state index in [1.165, 1.54) is 20.2 Å². The zero-order valence-corrected chi connectivity index (χ0v) is 18.5. The Kier molecular flexibility index (Phi) is 9.61. The number of aromatic nitrogens is 1. The number of amides is 2. The molecule has 1 aromatic carbocycles.